The van der Waals surface area contributed by atoms with Crippen LogP contribution in [0.2, 0.25) is 0 Å². The zero-order chi connectivity index (χ0) is 14.9. The maximum absolute atomic E-state index is 14.0. The monoisotopic (exact) mass is 285 g/mol. The number of ether oxygens (including phenoxy) is 1. The van der Waals surface area contributed by atoms with Crippen molar-refractivity contribution < 1.29 is 19.3 Å². The first kappa shape index (κ1) is 14.4. The number of aliphatic hydroxyl groups excluding tert-OH is 2. The van der Waals surface area contributed by atoms with Gasteiger partial charge in [0.25, 0.3) is 0 Å². The molecule has 0 spiro atoms. The van der Waals surface area contributed by atoms with Gasteiger partial charge in [-0.2, -0.15) is 4.98 Å². The van der Waals surface area contributed by atoms with Gasteiger partial charge >= 0.3 is 5.69 Å². The van der Waals surface area contributed by atoms with E-state index in [0.717, 1.165) is 4.57 Å². The molecular formula is C10H12FN5O4. The summed E-state index contributed by atoms with van der Waals surface area (Å²) in [7, 11) is 0. The molecule has 0 aromatic carbocycles. The molecule has 0 radical (unpaired) electrons. The van der Waals surface area contributed by atoms with Gasteiger partial charge < -0.3 is 14.9 Å². The van der Waals surface area contributed by atoms with Gasteiger partial charge in [0.15, 0.2) is 12.4 Å². The van der Waals surface area contributed by atoms with E-state index in [1.807, 2.05) is 0 Å². The van der Waals surface area contributed by atoms with Gasteiger partial charge in [-0.15, -0.1) is 0 Å². The number of rotatable bonds is 3. The van der Waals surface area contributed by atoms with Gasteiger partial charge in [-0.25, -0.2) is 9.18 Å². The predicted molar refractivity (Wildman–Crippen MR) is 63.2 cm³/mol. The van der Waals surface area contributed by atoms with Crippen molar-refractivity contribution in [2.75, 3.05) is 6.61 Å². The molecule has 1 aromatic heterocycles. The lowest BCUT2D eigenvalue weighted by Crippen LogP contribution is -2.41. The van der Waals surface area contributed by atoms with Crippen molar-refractivity contribution >= 4 is 0 Å². The third kappa shape index (κ3) is 2.14. The number of azide groups is 1. The van der Waals surface area contributed by atoms with Crippen molar-refractivity contribution in [3.05, 3.63) is 38.9 Å². The third-order valence-electron chi connectivity index (χ3n) is 3.03. The molecule has 1 aliphatic heterocycles. The highest BCUT2D eigenvalue weighted by molar-refractivity contribution is 5.03. The Morgan fingerprint density at radius 2 is 2.45 bits per heavy atom. The Kier molecular flexibility index (Phi) is 3.73. The molecule has 2 N–H and O–H groups in total. The molecule has 0 bridgehead atoms. The van der Waals surface area contributed by atoms with Crippen molar-refractivity contribution in [2.45, 2.75) is 31.2 Å². The maximum atomic E-state index is 14.0. The summed E-state index contributed by atoms with van der Waals surface area (Å²) in [5.74, 6) is 0. The molecule has 20 heavy (non-hydrogen) atoms. The van der Waals surface area contributed by atoms with Crippen LogP contribution in [0.15, 0.2) is 22.2 Å². The first-order valence-corrected chi connectivity index (χ1v) is 5.68. The average Bonchev–Trinajstić information content (AvgIpc) is 2.65. The van der Waals surface area contributed by atoms with Crippen molar-refractivity contribution in [1.82, 2.24) is 9.55 Å². The molecule has 9 nitrogen and oxygen atoms in total. The summed E-state index contributed by atoms with van der Waals surface area (Å²) in [5, 5.41) is 22.1. The summed E-state index contributed by atoms with van der Waals surface area (Å²) < 4.78 is 20.0. The van der Waals surface area contributed by atoms with Crippen LogP contribution >= 0.6 is 0 Å². The number of halogens is 1. The van der Waals surface area contributed by atoms with Crippen molar-refractivity contribution in [3.8, 4) is 0 Å². The third-order valence-corrected chi connectivity index (χ3v) is 3.03. The number of alkyl halides is 1. The second-order valence-corrected chi connectivity index (χ2v) is 4.35. The van der Waals surface area contributed by atoms with Crippen LogP contribution in [0.25, 0.3) is 10.4 Å². The lowest BCUT2D eigenvalue weighted by atomic mass is 10.1. The summed E-state index contributed by atoms with van der Waals surface area (Å²) >= 11 is 0. The summed E-state index contributed by atoms with van der Waals surface area (Å²) in [5.41, 5.74) is 5.84. The van der Waals surface area contributed by atoms with E-state index in [9.17, 15) is 14.3 Å². The van der Waals surface area contributed by atoms with E-state index in [0.29, 0.717) is 5.69 Å². The number of nitrogens with zero attached hydrogens (tertiary/aromatic N) is 5. The molecule has 4 atom stereocenters. The number of aromatic nitrogens is 2. The van der Waals surface area contributed by atoms with Gasteiger partial charge in [0.1, 0.15) is 6.10 Å². The van der Waals surface area contributed by atoms with Crippen LogP contribution in [0.3, 0.4) is 0 Å². The SMILES string of the molecule is Cc1ccn([C@@H]2O[C@@](CO)(N=[N+]=[N-])[C@@H](F)[C@H]2O)c(=O)n1. The zero-order valence-corrected chi connectivity index (χ0v) is 10.4. The molecule has 108 valence electrons. The molecule has 10 heteroatoms. The predicted octanol–water partition coefficient (Wildman–Crippen LogP) is -0.222. The smallest absolute Gasteiger partial charge is 0.349 e. The van der Waals surface area contributed by atoms with E-state index < -0.39 is 36.5 Å². The minimum absolute atomic E-state index is 0.444. The summed E-state index contributed by atoms with van der Waals surface area (Å²) in [6.07, 6.45) is -4.13. The molecule has 1 aliphatic rings. The van der Waals surface area contributed by atoms with Crippen molar-refractivity contribution in [2.24, 2.45) is 5.11 Å². The lowest BCUT2D eigenvalue weighted by Gasteiger charge is -2.22. The first-order valence-electron chi connectivity index (χ1n) is 5.68. The van der Waals surface area contributed by atoms with Crippen LogP contribution < -0.4 is 5.69 Å². The van der Waals surface area contributed by atoms with Crippen LogP contribution in [0.1, 0.15) is 11.9 Å². The summed E-state index contributed by atoms with van der Waals surface area (Å²) in [6, 6.07) is 1.47. The van der Waals surface area contributed by atoms with Gasteiger partial charge in [-0.3, -0.25) is 4.57 Å². The molecule has 1 fully saturated rings. The Labute approximate surface area is 111 Å². The molecule has 0 saturated carbocycles. The van der Waals surface area contributed by atoms with Gasteiger partial charge in [0, 0.05) is 16.8 Å². The Hall–Kier alpha value is -2.00. The van der Waals surface area contributed by atoms with Crippen LogP contribution in [0.5, 0.6) is 0 Å². The molecule has 0 unspecified atom stereocenters. The lowest BCUT2D eigenvalue weighted by molar-refractivity contribution is -0.116. The van der Waals surface area contributed by atoms with Gasteiger partial charge in [-0.1, -0.05) is 5.11 Å². The second kappa shape index (κ2) is 5.17. The van der Waals surface area contributed by atoms with E-state index in [2.05, 4.69) is 15.0 Å². The zero-order valence-electron chi connectivity index (χ0n) is 10.4. The Morgan fingerprint density at radius 1 is 1.75 bits per heavy atom. The standard InChI is InChI=1S/C10H12FN5O4/c1-5-2-3-16(9(19)13-5)8-6(18)7(11)10(4-17,20-8)14-15-12/h2-3,6-8,17-18H,4H2,1H3/t6-,7+,8-,10-/m1/s1. The van der Waals surface area contributed by atoms with Crippen LogP contribution in [-0.2, 0) is 4.74 Å². The van der Waals surface area contributed by atoms with Gasteiger partial charge in [-0.05, 0) is 18.5 Å². The molecular weight excluding hydrogens is 273 g/mol. The summed E-state index contributed by atoms with van der Waals surface area (Å²) in [4.78, 5) is 17.7. The van der Waals surface area contributed by atoms with E-state index in [-0.39, 0.29) is 0 Å². The first-order chi connectivity index (χ1) is 9.45. The molecule has 2 rings (SSSR count). The summed E-state index contributed by atoms with van der Waals surface area (Å²) in [6.45, 7) is 0.619. The quantitative estimate of drug-likeness (QED) is 0.450. The van der Waals surface area contributed by atoms with Crippen molar-refractivity contribution in [1.29, 1.82) is 0 Å². The minimum atomic E-state index is -2.26. The number of hydrogen-bond donors (Lipinski definition) is 2. The molecule has 2 heterocycles. The highest BCUT2D eigenvalue weighted by Gasteiger charge is 2.56. The topological polar surface area (TPSA) is 133 Å². The fraction of sp³-hybridized carbons (Fsp3) is 0.600. The van der Waals surface area contributed by atoms with E-state index >= 15 is 0 Å². The fourth-order valence-electron chi connectivity index (χ4n) is 1.98. The van der Waals surface area contributed by atoms with Crippen LogP contribution in [0.4, 0.5) is 4.39 Å². The second-order valence-electron chi connectivity index (χ2n) is 4.35. The molecule has 0 amide bonds. The van der Waals surface area contributed by atoms with E-state index in [1.165, 1.54) is 12.3 Å². The largest absolute Gasteiger partial charge is 0.393 e. The number of aliphatic hydroxyl groups is 2. The molecule has 0 aliphatic carbocycles. The van der Waals surface area contributed by atoms with Crippen molar-refractivity contribution in [3.63, 3.8) is 0 Å². The Morgan fingerprint density at radius 3 is 3.00 bits per heavy atom. The van der Waals surface area contributed by atoms with Gasteiger partial charge in [0.05, 0.1) is 6.61 Å². The maximum Gasteiger partial charge on any atom is 0.349 e. The average molecular weight is 285 g/mol. The normalized spacial score (nSPS) is 32.9. The van der Waals surface area contributed by atoms with E-state index in [1.54, 1.807) is 6.92 Å². The highest BCUT2D eigenvalue weighted by Crippen LogP contribution is 2.39. The Balaban J connectivity index is 2.45. The fourth-order valence-corrected chi connectivity index (χ4v) is 1.98. The van der Waals surface area contributed by atoms with Crippen LogP contribution in [0, 0.1) is 6.92 Å². The molecule has 1 saturated heterocycles. The highest BCUT2D eigenvalue weighted by atomic mass is 19.1. The molecule has 1 aromatic rings. The minimum Gasteiger partial charge on any atom is -0.393 e. The van der Waals surface area contributed by atoms with E-state index in [4.69, 9.17) is 15.4 Å². The number of aryl methyl sites for hydroxylation is 1. The number of hydrogen-bond acceptors (Lipinski definition) is 6. The Bertz CT molecular complexity index is 616. The van der Waals surface area contributed by atoms with Crippen LogP contribution in [-0.4, -0.2) is 44.4 Å². The van der Waals surface area contributed by atoms with Gasteiger partial charge in [0.2, 0.25) is 5.72 Å².